The Morgan fingerprint density at radius 2 is 2.27 bits per heavy atom. The third-order valence-corrected chi connectivity index (χ3v) is 4.12. The molecule has 1 unspecified atom stereocenters. The van der Waals surface area contributed by atoms with Crippen molar-refractivity contribution >= 4 is 17.8 Å². The maximum Gasteiger partial charge on any atom is 0.320 e. The van der Waals surface area contributed by atoms with Crippen molar-refractivity contribution in [2.45, 2.75) is 32.8 Å². The molecular formula is C18H29FN4O3. The van der Waals surface area contributed by atoms with Crippen LogP contribution in [0.4, 0.5) is 9.18 Å². The van der Waals surface area contributed by atoms with Gasteiger partial charge in [-0.25, -0.2) is 9.18 Å². The van der Waals surface area contributed by atoms with Crippen molar-refractivity contribution in [1.82, 2.24) is 15.1 Å². The summed E-state index contributed by atoms with van der Waals surface area (Å²) in [4.78, 5) is 32.1. The minimum atomic E-state index is -0.383. The maximum absolute atomic E-state index is 13.4. The second-order valence-electron chi connectivity index (χ2n) is 6.19. The van der Waals surface area contributed by atoms with Gasteiger partial charge in [0.1, 0.15) is 11.7 Å². The normalized spacial score (nSPS) is 21.7. The summed E-state index contributed by atoms with van der Waals surface area (Å²) < 4.78 is 19.0. The van der Waals surface area contributed by atoms with E-state index < -0.39 is 0 Å². The van der Waals surface area contributed by atoms with E-state index in [1.165, 1.54) is 11.0 Å². The fourth-order valence-electron chi connectivity index (χ4n) is 2.95. The Morgan fingerprint density at radius 3 is 2.96 bits per heavy atom. The minimum Gasteiger partial charge on any atom is -0.374 e. The van der Waals surface area contributed by atoms with Crippen molar-refractivity contribution in [3.8, 4) is 0 Å². The van der Waals surface area contributed by atoms with Crippen LogP contribution in [0.1, 0.15) is 28.1 Å². The van der Waals surface area contributed by atoms with E-state index in [2.05, 4.69) is 10.3 Å². The number of hydrogen-bond acceptors (Lipinski definition) is 4. The molecule has 1 saturated heterocycles. The lowest BCUT2D eigenvalue weighted by Gasteiger charge is -2.36. The van der Waals surface area contributed by atoms with Crippen LogP contribution in [0.25, 0.3) is 0 Å². The fourth-order valence-corrected chi connectivity index (χ4v) is 2.95. The SMILES string of the molecule is C/C=C\C(=NCC)NC(=O)CC1CN(C(=O)N2CCC=C(F)C2)CCO1.[HH]. The number of rotatable bonds is 4. The van der Waals surface area contributed by atoms with Gasteiger partial charge in [0.25, 0.3) is 0 Å². The number of nitrogens with zero attached hydrogens (tertiary/aromatic N) is 3. The summed E-state index contributed by atoms with van der Waals surface area (Å²) in [7, 11) is 0. The highest BCUT2D eigenvalue weighted by atomic mass is 19.1. The third kappa shape index (κ3) is 5.94. The van der Waals surface area contributed by atoms with Crippen LogP contribution in [0.5, 0.6) is 0 Å². The Labute approximate surface area is 155 Å². The van der Waals surface area contributed by atoms with Crippen LogP contribution >= 0.6 is 0 Å². The first-order valence-electron chi connectivity index (χ1n) is 9.00. The Morgan fingerprint density at radius 1 is 1.46 bits per heavy atom. The average Bonchev–Trinajstić information content (AvgIpc) is 2.61. The van der Waals surface area contributed by atoms with E-state index in [4.69, 9.17) is 4.74 Å². The summed E-state index contributed by atoms with van der Waals surface area (Å²) in [6.45, 7) is 5.96. The van der Waals surface area contributed by atoms with Gasteiger partial charge >= 0.3 is 6.03 Å². The number of amides is 3. The molecule has 1 atom stereocenters. The number of aliphatic imine (C=N–C) groups is 1. The first-order valence-corrected chi connectivity index (χ1v) is 9.00. The maximum atomic E-state index is 13.4. The topological polar surface area (TPSA) is 74.2 Å². The molecule has 0 spiro atoms. The van der Waals surface area contributed by atoms with E-state index in [1.54, 1.807) is 17.1 Å². The molecule has 146 valence electrons. The molecule has 2 aliphatic rings. The lowest BCUT2D eigenvalue weighted by molar-refractivity contribution is -0.124. The predicted molar refractivity (Wildman–Crippen MR) is 99.8 cm³/mol. The van der Waals surface area contributed by atoms with Gasteiger partial charge in [-0.2, -0.15) is 0 Å². The van der Waals surface area contributed by atoms with E-state index in [0.717, 1.165) is 0 Å². The van der Waals surface area contributed by atoms with Gasteiger partial charge in [-0.05, 0) is 32.4 Å². The zero-order valence-corrected chi connectivity index (χ0v) is 15.4. The molecule has 26 heavy (non-hydrogen) atoms. The number of urea groups is 1. The van der Waals surface area contributed by atoms with Crippen molar-refractivity contribution in [1.29, 1.82) is 0 Å². The summed E-state index contributed by atoms with van der Waals surface area (Å²) in [5, 5.41) is 2.75. The number of morpholine rings is 1. The molecule has 8 heteroatoms. The van der Waals surface area contributed by atoms with Gasteiger partial charge in [-0.15, -0.1) is 0 Å². The standard InChI is InChI=1S/C18H27FN4O3.H2/c1-3-6-16(20-4-2)21-17(24)11-15-13-23(9-10-26-15)18(25)22-8-5-7-14(19)12-22;/h3,6-7,15H,4-5,8-13H2,1-2H3,(H,20,21,24);1H/b6-3-;. The number of hydrogen-bond donors (Lipinski definition) is 1. The Bertz CT molecular complexity index is 609. The van der Waals surface area contributed by atoms with Crippen LogP contribution in [0, 0.1) is 0 Å². The van der Waals surface area contributed by atoms with Crippen LogP contribution in [0.15, 0.2) is 29.0 Å². The predicted octanol–water partition coefficient (Wildman–Crippen LogP) is 2.11. The molecule has 0 aliphatic carbocycles. The van der Waals surface area contributed by atoms with Crippen molar-refractivity contribution < 1.29 is 20.1 Å². The molecule has 0 aromatic rings. The Hall–Kier alpha value is -2.22. The van der Waals surface area contributed by atoms with Crippen LogP contribution in [-0.2, 0) is 9.53 Å². The number of allylic oxidation sites excluding steroid dienone is 1. The highest BCUT2D eigenvalue weighted by Gasteiger charge is 2.30. The fraction of sp³-hybridized carbons (Fsp3) is 0.611. The van der Waals surface area contributed by atoms with Crippen molar-refractivity contribution in [2.75, 3.05) is 39.3 Å². The number of ether oxygens (including phenoxy) is 1. The first kappa shape index (κ1) is 20.1. The van der Waals surface area contributed by atoms with Gasteiger partial charge in [-0.3, -0.25) is 9.79 Å². The van der Waals surface area contributed by atoms with Crippen LogP contribution in [0.2, 0.25) is 0 Å². The highest BCUT2D eigenvalue weighted by molar-refractivity contribution is 6.04. The second kappa shape index (κ2) is 10.1. The molecule has 3 amide bonds. The van der Waals surface area contributed by atoms with Gasteiger partial charge < -0.3 is 19.9 Å². The number of amidine groups is 1. The molecule has 0 aromatic heterocycles. The molecule has 2 aliphatic heterocycles. The third-order valence-electron chi connectivity index (χ3n) is 4.12. The van der Waals surface area contributed by atoms with Crippen molar-refractivity contribution in [3.63, 3.8) is 0 Å². The molecule has 7 nitrogen and oxygen atoms in total. The number of carbonyl (C=O) groups is 2. The number of carbonyl (C=O) groups excluding carboxylic acids is 2. The smallest absolute Gasteiger partial charge is 0.320 e. The van der Waals surface area contributed by atoms with Gasteiger partial charge in [0, 0.05) is 27.6 Å². The summed E-state index contributed by atoms with van der Waals surface area (Å²) >= 11 is 0. The minimum absolute atomic E-state index is 0. The number of halogens is 1. The zero-order chi connectivity index (χ0) is 18.9. The second-order valence-corrected chi connectivity index (χ2v) is 6.19. The Balaban J connectivity index is 0.00000364. The quantitative estimate of drug-likeness (QED) is 0.610. The summed E-state index contributed by atoms with van der Waals surface area (Å²) in [6.07, 6.45) is 5.33. The van der Waals surface area contributed by atoms with Crippen LogP contribution in [-0.4, -0.2) is 73.0 Å². The molecule has 1 fully saturated rings. The monoisotopic (exact) mass is 368 g/mol. The lowest BCUT2D eigenvalue weighted by atomic mass is 10.2. The van der Waals surface area contributed by atoms with E-state index in [-0.39, 0.29) is 38.3 Å². The summed E-state index contributed by atoms with van der Waals surface area (Å²) in [5.41, 5.74) is 0. The van der Waals surface area contributed by atoms with Crippen molar-refractivity contribution in [2.24, 2.45) is 4.99 Å². The molecule has 0 radical (unpaired) electrons. The zero-order valence-electron chi connectivity index (χ0n) is 15.4. The molecule has 0 aromatic carbocycles. The highest BCUT2D eigenvalue weighted by Crippen LogP contribution is 2.16. The first-order chi connectivity index (χ1) is 12.5. The summed E-state index contributed by atoms with van der Waals surface area (Å²) in [6, 6.07) is -0.205. The molecular weight excluding hydrogens is 339 g/mol. The van der Waals surface area contributed by atoms with Crippen molar-refractivity contribution in [3.05, 3.63) is 24.1 Å². The largest absolute Gasteiger partial charge is 0.374 e. The van der Waals surface area contributed by atoms with Gasteiger partial charge in [0.15, 0.2) is 0 Å². The molecule has 0 bridgehead atoms. The lowest BCUT2D eigenvalue weighted by Crippen LogP contribution is -2.52. The van der Waals surface area contributed by atoms with E-state index in [1.807, 2.05) is 13.8 Å². The molecule has 0 saturated carbocycles. The van der Waals surface area contributed by atoms with Gasteiger partial charge in [0.05, 0.1) is 25.7 Å². The molecule has 2 heterocycles. The van der Waals surface area contributed by atoms with Crippen LogP contribution < -0.4 is 5.32 Å². The van der Waals surface area contributed by atoms with Gasteiger partial charge in [-0.1, -0.05) is 6.08 Å². The van der Waals surface area contributed by atoms with E-state index in [9.17, 15) is 14.0 Å². The number of nitrogens with one attached hydrogen (secondary N) is 1. The van der Waals surface area contributed by atoms with Crippen LogP contribution in [0.3, 0.4) is 0 Å². The van der Waals surface area contributed by atoms with Gasteiger partial charge in [0.2, 0.25) is 5.91 Å². The van der Waals surface area contributed by atoms with E-state index >= 15 is 0 Å². The Kier molecular flexibility index (Phi) is 7.77. The molecule has 2 rings (SSSR count). The van der Waals surface area contributed by atoms with E-state index in [0.29, 0.717) is 45.0 Å². The summed E-state index contributed by atoms with van der Waals surface area (Å²) in [5.74, 6) is 0.0291. The average molecular weight is 368 g/mol. The molecule has 1 N–H and O–H groups in total.